The van der Waals surface area contributed by atoms with Crippen molar-refractivity contribution in [2.75, 3.05) is 39.3 Å². The molecular weight excluding hydrogens is 308 g/mol. The summed E-state index contributed by atoms with van der Waals surface area (Å²) < 4.78 is 0. The Morgan fingerprint density at radius 1 is 0.800 bits per heavy atom. The lowest BCUT2D eigenvalue weighted by molar-refractivity contribution is 0.0607. The summed E-state index contributed by atoms with van der Waals surface area (Å²) in [4.78, 5) is 5.13. The lowest BCUT2D eigenvalue weighted by atomic mass is 10.1. The highest BCUT2D eigenvalue weighted by atomic mass is 16.3. The topological polar surface area (TPSA) is 26.7 Å². The van der Waals surface area contributed by atoms with Crippen LogP contribution in [-0.4, -0.2) is 60.3 Å². The third-order valence-corrected chi connectivity index (χ3v) is 5.24. The minimum atomic E-state index is 0.277. The first-order valence-corrected chi connectivity index (χ1v) is 9.50. The number of rotatable bonds is 8. The Morgan fingerprint density at radius 3 is 2.00 bits per heavy atom. The van der Waals surface area contributed by atoms with E-state index in [4.69, 9.17) is 0 Å². The minimum Gasteiger partial charge on any atom is -0.396 e. The maximum Gasteiger partial charge on any atom is 0.0446 e. The van der Waals surface area contributed by atoms with Gasteiger partial charge in [-0.2, -0.15) is 0 Å². The highest BCUT2D eigenvalue weighted by Crippen LogP contribution is 2.15. The van der Waals surface area contributed by atoms with E-state index in [1.807, 2.05) is 0 Å². The first-order valence-electron chi connectivity index (χ1n) is 9.50. The number of aliphatic hydroxyl groups is 1. The average molecular weight is 338 g/mol. The number of nitrogens with zero attached hydrogens (tertiary/aromatic N) is 2. The van der Waals surface area contributed by atoms with Crippen molar-refractivity contribution in [1.29, 1.82) is 0 Å². The van der Waals surface area contributed by atoms with E-state index >= 15 is 0 Å². The van der Waals surface area contributed by atoms with Crippen LogP contribution in [0.4, 0.5) is 0 Å². The largest absolute Gasteiger partial charge is 0.396 e. The molecule has 0 radical (unpaired) electrons. The smallest absolute Gasteiger partial charge is 0.0446 e. The van der Waals surface area contributed by atoms with Crippen LogP contribution in [0, 0.1) is 0 Å². The number of piperazine rings is 1. The van der Waals surface area contributed by atoms with Crippen LogP contribution in [0.1, 0.15) is 17.5 Å². The van der Waals surface area contributed by atoms with Crippen LogP contribution >= 0.6 is 0 Å². The summed E-state index contributed by atoms with van der Waals surface area (Å²) in [5, 5.41) is 9.47. The van der Waals surface area contributed by atoms with E-state index in [1.54, 1.807) is 0 Å². The van der Waals surface area contributed by atoms with Gasteiger partial charge >= 0.3 is 0 Å². The maximum atomic E-state index is 9.47. The normalized spacial score (nSPS) is 19.2. The predicted octanol–water partition coefficient (Wildman–Crippen LogP) is 2.84. The highest BCUT2D eigenvalue weighted by molar-refractivity contribution is 5.16. The summed E-state index contributed by atoms with van der Waals surface area (Å²) in [5.74, 6) is 0. The predicted molar refractivity (Wildman–Crippen MR) is 104 cm³/mol. The molecule has 0 aromatic heterocycles. The van der Waals surface area contributed by atoms with Gasteiger partial charge in [0.2, 0.25) is 0 Å². The summed E-state index contributed by atoms with van der Waals surface area (Å²) in [6, 6.07) is 21.9. The van der Waals surface area contributed by atoms with Crippen molar-refractivity contribution < 1.29 is 5.11 Å². The molecule has 2 aromatic carbocycles. The van der Waals surface area contributed by atoms with Gasteiger partial charge in [0.15, 0.2) is 0 Å². The summed E-state index contributed by atoms with van der Waals surface area (Å²) in [6.07, 6.45) is 3.07. The second-order valence-electron chi connectivity index (χ2n) is 6.97. The molecule has 3 rings (SSSR count). The molecule has 1 aliphatic rings. The Bertz CT molecular complexity index is 602. The number of aliphatic hydroxyl groups excluding tert-OH is 1. The zero-order valence-corrected chi connectivity index (χ0v) is 15.1. The molecule has 0 bridgehead atoms. The third kappa shape index (κ3) is 5.67. The lowest BCUT2D eigenvalue weighted by Crippen LogP contribution is -2.54. The molecule has 1 unspecified atom stereocenters. The fraction of sp³-hybridized carbons (Fsp3) is 0.455. The molecule has 1 heterocycles. The SMILES string of the molecule is OCCC1CN(CCc2ccccc2)CCN1CCc1ccccc1. The van der Waals surface area contributed by atoms with Crippen molar-refractivity contribution in [3.05, 3.63) is 71.8 Å². The molecule has 0 spiro atoms. The van der Waals surface area contributed by atoms with Crippen molar-refractivity contribution in [2.45, 2.75) is 25.3 Å². The number of hydrogen-bond donors (Lipinski definition) is 1. The Morgan fingerprint density at radius 2 is 1.40 bits per heavy atom. The van der Waals surface area contributed by atoms with Crippen LogP contribution < -0.4 is 0 Å². The van der Waals surface area contributed by atoms with Crippen LogP contribution in [-0.2, 0) is 12.8 Å². The van der Waals surface area contributed by atoms with Crippen molar-refractivity contribution in [3.8, 4) is 0 Å². The molecule has 1 aliphatic heterocycles. The van der Waals surface area contributed by atoms with E-state index in [2.05, 4.69) is 70.5 Å². The van der Waals surface area contributed by atoms with Gasteiger partial charge in [-0.25, -0.2) is 0 Å². The Hall–Kier alpha value is -1.68. The molecule has 1 atom stereocenters. The summed E-state index contributed by atoms with van der Waals surface area (Å²) in [6.45, 7) is 5.77. The molecule has 3 nitrogen and oxygen atoms in total. The van der Waals surface area contributed by atoms with Crippen LogP contribution in [0.15, 0.2) is 60.7 Å². The molecule has 1 N–H and O–H groups in total. The molecule has 1 saturated heterocycles. The highest BCUT2D eigenvalue weighted by Gasteiger charge is 2.25. The molecule has 134 valence electrons. The first-order chi connectivity index (χ1) is 12.3. The zero-order valence-electron chi connectivity index (χ0n) is 15.1. The van der Waals surface area contributed by atoms with E-state index in [1.165, 1.54) is 11.1 Å². The van der Waals surface area contributed by atoms with E-state index in [-0.39, 0.29) is 6.61 Å². The van der Waals surface area contributed by atoms with Crippen LogP contribution in [0.2, 0.25) is 0 Å². The molecule has 1 fully saturated rings. The Balaban J connectivity index is 1.49. The fourth-order valence-electron chi connectivity index (χ4n) is 3.73. The second kappa shape index (κ2) is 9.71. The van der Waals surface area contributed by atoms with E-state index < -0.39 is 0 Å². The molecule has 0 amide bonds. The van der Waals surface area contributed by atoms with Crippen molar-refractivity contribution in [3.63, 3.8) is 0 Å². The van der Waals surface area contributed by atoms with Gasteiger partial charge in [-0.1, -0.05) is 60.7 Å². The van der Waals surface area contributed by atoms with Gasteiger partial charge in [-0.3, -0.25) is 4.90 Å². The van der Waals surface area contributed by atoms with Crippen molar-refractivity contribution in [2.24, 2.45) is 0 Å². The van der Waals surface area contributed by atoms with Crippen LogP contribution in [0.25, 0.3) is 0 Å². The number of hydrogen-bond acceptors (Lipinski definition) is 3. The fourth-order valence-corrected chi connectivity index (χ4v) is 3.73. The summed E-state index contributed by atoms with van der Waals surface area (Å²) in [5.41, 5.74) is 2.81. The minimum absolute atomic E-state index is 0.277. The molecule has 25 heavy (non-hydrogen) atoms. The molecule has 2 aromatic rings. The molecule has 3 heteroatoms. The molecule has 0 aliphatic carbocycles. The Kier molecular flexibility index (Phi) is 7.04. The zero-order chi connectivity index (χ0) is 17.3. The van der Waals surface area contributed by atoms with E-state index in [0.717, 1.165) is 52.0 Å². The standard InChI is InChI=1S/C22H30N2O/c25-18-13-22-19-23(14-11-20-7-3-1-4-8-20)16-17-24(22)15-12-21-9-5-2-6-10-21/h1-10,22,25H,11-19H2. The van der Waals surface area contributed by atoms with Crippen LogP contribution in [0.5, 0.6) is 0 Å². The molecule has 0 saturated carbocycles. The number of benzene rings is 2. The summed E-state index contributed by atoms with van der Waals surface area (Å²) in [7, 11) is 0. The maximum absolute atomic E-state index is 9.47. The van der Waals surface area contributed by atoms with Gasteiger partial charge in [-0.15, -0.1) is 0 Å². The lowest BCUT2D eigenvalue weighted by Gasteiger charge is -2.41. The van der Waals surface area contributed by atoms with Gasteiger partial charge in [0.25, 0.3) is 0 Å². The Labute approximate surface area is 151 Å². The van der Waals surface area contributed by atoms with Crippen molar-refractivity contribution >= 4 is 0 Å². The van der Waals surface area contributed by atoms with Gasteiger partial charge in [0.1, 0.15) is 0 Å². The van der Waals surface area contributed by atoms with Gasteiger partial charge in [0.05, 0.1) is 0 Å². The average Bonchev–Trinajstić information content (AvgIpc) is 2.67. The van der Waals surface area contributed by atoms with E-state index in [9.17, 15) is 5.11 Å². The molecular formula is C22H30N2O. The van der Waals surface area contributed by atoms with Gasteiger partial charge < -0.3 is 10.0 Å². The third-order valence-electron chi connectivity index (χ3n) is 5.24. The van der Waals surface area contributed by atoms with Crippen molar-refractivity contribution in [1.82, 2.24) is 9.80 Å². The van der Waals surface area contributed by atoms with Gasteiger partial charge in [-0.05, 0) is 30.4 Å². The van der Waals surface area contributed by atoms with E-state index in [0.29, 0.717) is 6.04 Å². The quantitative estimate of drug-likeness (QED) is 0.802. The second-order valence-corrected chi connectivity index (χ2v) is 6.97. The summed E-state index contributed by atoms with van der Waals surface area (Å²) >= 11 is 0. The first kappa shape index (κ1) is 18.1. The van der Waals surface area contributed by atoms with Gasteiger partial charge in [0, 0.05) is 45.4 Å². The van der Waals surface area contributed by atoms with Crippen LogP contribution in [0.3, 0.4) is 0 Å². The monoisotopic (exact) mass is 338 g/mol.